The van der Waals surface area contributed by atoms with Gasteiger partial charge in [0.05, 0.1) is 5.69 Å². The summed E-state index contributed by atoms with van der Waals surface area (Å²) in [6.07, 6.45) is 0. The van der Waals surface area contributed by atoms with Crippen molar-refractivity contribution in [2.24, 2.45) is 0 Å². The number of carbonyl (C=O) groups is 1. The van der Waals surface area contributed by atoms with Gasteiger partial charge in [-0.05, 0) is 54.6 Å². The van der Waals surface area contributed by atoms with Crippen molar-refractivity contribution in [2.45, 2.75) is 0 Å². The zero-order valence-corrected chi connectivity index (χ0v) is 16.2. The molecule has 1 aliphatic heterocycles. The molecule has 4 rings (SSSR count). The zero-order chi connectivity index (χ0) is 20.4. The maximum absolute atomic E-state index is 13.1. The molecule has 1 aliphatic rings. The van der Waals surface area contributed by atoms with Crippen LogP contribution in [0.4, 0.5) is 10.2 Å². The first-order valence-electron chi connectivity index (χ1n) is 9.17. The largest absolute Gasteiger partial charge is 0.352 e. The van der Waals surface area contributed by atoms with Crippen LogP contribution in [0.25, 0.3) is 5.69 Å². The molecule has 0 saturated carbocycles. The Balaban J connectivity index is 1.48. The minimum Gasteiger partial charge on any atom is -0.352 e. The summed E-state index contributed by atoms with van der Waals surface area (Å²) in [6.45, 7) is 2.19. The van der Waals surface area contributed by atoms with Crippen molar-refractivity contribution < 1.29 is 9.18 Å². The quantitative estimate of drug-likeness (QED) is 0.663. The molecular weight excluding hydrogens is 395 g/mol. The topological polar surface area (TPSA) is 58.4 Å². The summed E-state index contributed by atoms with van der Waals surface area (Å²) >= 11 is 5.92. The Kier molecular flexibility index (Phi) is 5.31. The van der Waals surface area contributed by atoms with Gasteiger partial charge in [-0.2, -0.15) is 4.68 Å². The highest BCUT2D eigenvalue weighted by molar-refractivity contribution is 6.30. The van der Waals surface area contributed by atoms with Crippen LogP contribution in [0.3, 0.4) is 0 Å². The highest BCUT2D eigenvalue weighted by Crippen LogP contribution is 2.16. The lowest BCUT2D eigenvalue weighted by Crippen LogP contribution is -2.49. The van der Waals surface area contributed by atoms with Gasteiger partial charge >= 0.3 is 0 Å². The molecule has 0 atom stereocenters. The molecule has 29 heavy (non-hydrogen) atoms. The minimum absolute atomic E-state index is 0.122. The summed E-state index contributed by atoms with van der Waals surface area (Å²) in [5, 5.41) is 5.06. The third-order valence-electron chi connectivity index (χ3n) is 4.84. The number of aromatic nitrogens is 2. The number of amides is 1. The van der Waals surface area contributed by atoms with E-state index in [2.05, 4.69) is 5.10 Å². The highest BCUT2D eigenvalue weighted by atomic mass is 35.5. The molecule has 148 valence electrons. The fraction of sp³-hybridized carbons (Fsp3) is 0.190. The van der Waals surface area contributed by atoms with E-state index in [1.54, 1.807) is 35.2 Å². The number of rotatable bonds is 3. The fourth-order valence-electron chi connectivity index (χ4n) is 3.25. The van der Waals surface area contributed by atoms with E-state index in [0.29, 0.717) is 48.3 Å². The first kappa shape index (κ1) is 19.1. The van der Waals surface area contributed by atoms with Gasteiger partial charge in [0.2, 0.25) is 0 Å². The molecule has 2 heterocycles. The third-order valence-corrected chi connectivity index (χ3v) is 5.09. The second-order valence-corrected chi connectivity index (χ2v) is 7.14. The summed E-state index contributed by atoms with van der Waals surface area (Å²) in [7, 11) is 0. The van der Waals surface area contributed by atoms with Gasteiger partial charge in [-0.3, -0.25) is 9.59 Å². The Morgan fingerprint density at radius 2 is 1.55 bits per heavy atom. The van der Waals surface area contributed by atoms with Gasteiger partial charge in [-0.15, -0.1) is 5.10 Å². The number of anilines is 1. The van der Waals surface area contributed by atoms with Gasteiger partial charge in [0.1, 0.15) is 11.6 Å². The van der Waals surface area contributed by atoms with Crippen LogP contribution in [0.1, 0.15) is 10.4 Å². The summed E-state index contributed by atoms with van der Waals surface area (Å²) in [6, 6.07) is 15.6. The molecule has 6 nitrogen and oxygen atoms in total. The van der Waals surface area contributed by atoms with E-state index in [-0.39, 0.29) is 17.3 Å². The average Bonchev–Trinajstić information content (AvgIpc) is 2.75. The van der Waals surface area contributed by atoms with Gasteiger partial charge in [-0.1, -0.05) is 11.6 Å². The lowest BCUT2D eigenvalue weighted by molar-refractivity contribution is 0.0746. The zero-order valence-electron chi connectivity index (χ0n) is 15.5. The van der Waals surface area contributed by atoms with Crippen LogP contribution < -0.4 is 10.5 Å². The van der Waals surface area contributed by atoms with E-state index >= 15 is 0 Å². The maximum atomic E-state index is 13.1. The number of piperazine rings is 1. The highest BCUT2D eigenvalue weighted by Gasteiger charge is 2.23. The molecular formula is C21H18ClFN4O2. The van der Waals surface area contributed by atoms with Crippen molar-refractivity contribution in [3.05, 3.63) is 87.4 Å². The van der Waals surface area contributed by atoms with Crippen LogP contribution in [0.15, 0.2) is 65.5 Å². The number of nitrogens with zero attached hydrogens (tertiary/aromatic N) is 4. The van der Waals surface area contributed by atoms with Crippen molar-refractivity contribution >= 4 is 23.3 Å². The lowest BCUT2D eigenvalue weighted by Gasteiger charge is -2.35. The predicted molar refractivity (Wildman–Crippen MR) is 109 cm³/mol. The van der Waals surface area contributed by atoms with Gasteiger partial charge in [0.25, 0.3) is 11.5 Å². The summed E-state index contributed by atoms with van der Waals surface area (Å²) in [5.41, 5.74) is 0.863. The average molecular weight is 413 g/mol. The predicted octanol–water partition coefficient (Wildman–Crippen LogP) is 2.99. The summed E-state index contributed by atoms with van der Waals surface area (Å²) in [4.78, 5) is 28.6. The van der Waals surface area contributed by atoms with Gasteiger partial charge in [-0.25, -0.2) is 4.39 Å². The Hall–Kier alpha value is -3.19. The first-order chi connectivity index (χ1) is 14.0. The Morgan fingerprint density at radius 3 is 2.21 bits per heavy atom. The van der Waals surface area contributed by atoms with E-state index in [0.717, 1.165) is 0 Å². The first-order valence-corrected chi connectivity index (χ1v) is 9.55. The van der Waals surface area contributed by atoms with Crippen molar-refractivity contribution in [1.82, 2.24) is 14.7 Å². The fourth-order valence-corrected chi connectivity index (χ4v) is 3.38. The third kappa shape index (κ3) is 4.14. The summed E-state index contributed by atoms with van der Waals surface area (Å²) < 4.78 is 14.4. The van der Waals surface area contributed by atoms with E-state index in [4.69, 9.17) is 11.6 Å². The summed E-state index contributed by atoms with van der Waals surface area (Å²) in [5.74, 6) is 0.172. The molecule has 3 aromatic rings. The Morgan fingerprint density at radius 1 is 0.897 bits per heavy atom. The number of hydrogen-bond acceptors (Lipinski definition) is 4. The monoisotopic (exact) mass is 412 g/mol. The number of benzene rings is 2. The Bertz CT molecular complexity index is 1080. The van der Waals surface area contributed by atoms with Gasteiger partial charge < -0.3 is 9.80 Å². The van der Waals surface area contributed by atoms with Crippen molar-refractivity contribution in [1.29, 1.82) is 0 Å². The van der Waals surface area contributed by atoms with Crippen LogP contribution in [0.2, 0.25) is 5.02 Å². The molecule has 0 aliphatic carbocycles. The SMILES string of the molecule is O=C(c1ccc(F)cc1)N1CCN(c2ccc(=O)n(-c3ccc(Cl)cc3)n2)CC1. The molecule has 8 heteroatoms. The number of hydrogen-bond donors (Lipinski definition) is 0. The smallest absolute Gasteiger partial charge is 0.271 e. The molecule has 0 spiro atoms. The van der Waals surface area contributed by atoms with Gasteiger partial charge in [0.15, 0.2) is 0 Å². The van der Waals surface area contributed by atoms with E-state index in [1.165, 1.54) is 35.0 Å². The molecule has 0 N–H and O–H groups in total. The lowest BCUT2D eigenvalue weighted by atomic mass is 10.2. The minimum atomic E-state index is -0.367. The van der Waals surface area contributed by atoms with Crippen molar-refractivity contribution in [2.75, 3.05) is 31.1 Å². The standard InChI is InChI=1S/C21H18ClFN4O2/c22-16-3-7-18(8-4-16)27-20(28)10-9-19(24-27)25-11-13-26(14-12-25)21(29)15-1-5-17(23)6-2-15/h1-10H,11-14H2. The molecule has 0 radical (unpaired) electrons. The van der Waals surface area contributed by atoms with Crippen LogP contribution >= 0.6 is 11.6 Å². The number of carbonyl (C=O) groups excluding carboxylic acids is 1. The molecule has 1 amide bonds. The number of halogens is 2. The van der Waals surface area contributed by atoms with Crippen LogP contribution in [-0.4, -0.2) is 46.8 Å². The molecule has 1 saturated heterocycles. The molecule has 1 aromatic heterocycles. The van der Waals surface area contributed by atoms with Crippen LogP contribution in [-0.2, 0) is 0 Å². The molecule has 2 aromatic carbocycles. The van der Waals surface area contributed by atoms with Crippen LogP contribution in [0.5, 0.6) is 0 Å². The van der Waals surface area contributed by atoms with E-state index in [1.807, 2.05) is 4.90 Å². The van der Waals surface area contributed by atoms with E-state index < -0.39 is 0 Å². The van der Waals surface area contributed by atoms with Gasteiger partial charge in [0, 0.05) is 42.8 Å². The normalized spacial score (nSPS) is 14.1. The van der Waals surface area contributed by atoms with Crippen LogP contribution in [0, 0.1) is 5.82 Å². The Labute approximate surface area is 171 Å². The second kappa shape index (κ2) is 8.05. The van der Waals surface area contributed by atoms with Crippen molar-refractivity contribution in [3.8, 4) is 5.69 Å². The molecule has 1 fully saturated rings. The molecule has 0 bridgehead atoms. The van der Waals surface area contributed by atoms with E-state index in [9.17, 15) is 14.0 Å². The maximum Gasteiger partial charge on any atom is 0.271 e. The second-order valence-electron chi connectivity index (χ2n) is 6.70. The molecule has 0 unspecified atom stereocenters. The van der Waals surface area contributed by atoms with Crippen molar-refractivity contribution in [3.63, 3.8) is 0 Å².